The molecule has 0 aliphatic carbocycles. The third-order valence-electron chi connectivity index (χ3n) is 8.40. The van der Waals surface area contributed by atoms with E-state index in [9.17, 15) is 10.1 Å². The molecule has 10 nitrogen and oxygen atoms in total. The van der Waals surface area contributed by atoms with Gasteiger partial charge in [0.05, 0.1) is 17.4 Å². The van der Waals surface area contributed by atoms with Crippen molar-refractivity contribution in [2.45, 2.75) is 32.2 Å². The summed E-state index contributed by atoms with van der Waals surface area (Å²) in [4.78, 5) is 28.0. The minimum absolute atomic E-state index is 0.00454. The molecule has 3 fully saturated rings. The minimum Gasteiger partial charge on any atom is -0.462 e. The van der Waals surface area contributed by atoms with Gasteiger partial charge in [-0.3, -0.25) is 9.89 Å². The second kappa shape index (κ2) is 9.40. The summed E-state index contributed by atoms with van der Waals surface area (Å²) < 4.78 is 6.22. The highest BCUT2D eigenvalue weighted by Crippen LogP contribution is 2.43. The van der Waals surface area contributed by atoms with Gasteiger partial charge in [0.2, 0.25) is 5.91 Å². The van der Waals surface area contributed by atoms with Crippen LogP contribution in [-0.4, -0.2) is 88.3 Å². The van der Waals surface area contributed by atoms with Crippen LogP contribution >= 0.6 is 0 Å². The zero-order valence-corrected chi connectivity index (χ0v) is 21.9. The van der Waals surface area contributed by atoms with E-state index in [4.69, 9.17) is 14.7 Å². The predicted molar refractivity (Wildman–Crippen MR) is 144 cm³/mol. The lowest BCUT2D eigenvalue weighted by atomic mass is 9.79. The fourth-order valence-corrected chi connectivity index (χ4v) is 6.23. The standard InChI is InChI=1S/C28H32N8O2/c1-4-23(37)36-16-28(17-36)9-11-35(15-28)26-20(12-29)25(24-18(2)7-8-22-21(24)13-30-33-22)31-27(32-26)38-14-19-6-5-10-34(19)3/h4,7-8,13,19H,1,5-6,9-11,14-17H2,2-3H3,(H,30,33)/t19-/m0/s1. The highest BCUT2D eigenvalue weighted by Gasteiger charge is 2.49. The Hall–Kier alpha value is -3.97. The summed E-state index contributed by atoms with van der Waals surface area (Å²) >= 11 is 0. The van der Waals surface area contributed by atoms with E-state index >= 15 is 0 Å². The number of carbonyl (C=O) groups excluding carboxylic acids is 1. The van der Waals surface area contributed by atoms with Gasteiger partial charge < -0.3 is 19.4 Å². The first-order valence-corrected chi connectivity index (χ1v) is 13.2. The van der Waals surface area contributed by atoms with Gasteiger partial charge in [-0.25, -0.2) is 0 Å². The van der Waals surface area contributed by atoms with Crippen molar-refractivity contribution in [1.29, 1.82) is 5.26 Å². The molecule has 2 aromatic heterocycles. The van der Waals surface area contributed by atoms with E-state index in [0.29, 0.717) is 42.8 Å². The number of aromatic amines is 1. The Morgan fingerprint density at radius 3 is 2.89 bits per heavy atom. The number of aryl methyl sites for hydroxylation is 1. The second-order valence-corrected chi connectivity index (χ2v) is 10.9. The van der Waals surface area contributed by atoms with E-state index in [1.165, 1.54) is 6.08 Å². The fourth-order valence-electron chi connectivity index (χ4n) is 6.23. The molecule has 3 aliphatic rings. The second-order valence-electron chi connectivity index (χ2n) is 10.9. The third-order valence-corrected chi connectivity index (χ3v) is 8.40. The van der Waals surface area contributed by atoms with Crippen LogP contribution in [0.1, 0.15) is 30.4 Å². The number of nitrogens with zero attached hydrogens (tertiary/aromatic N) is 7. The molecule has 3 saturated heterocycles. The van der Waals surface area contributed by atoms with Crippen molar-refractivity contribution in [3.8, 4) is 23.3 Å². The number of hydrogen-bond donors (Lipinski definition) is 1. The van der Waals surface area contributed by atoms with Crippen molar-refractivity contribution in [1.82, 2.24) is 30.0 Å². The molecule has 1 atom stereocenters. The summed E-state index contributed by atoms with van der Waals surface area (Å²) in [7, 11) is 2.11. The molecule has 6 rings (SSSR count). The van der Waals surface area contributed by atoms with Gasteiger partial charge in [-0.05, 0) is 57.5 Å². The monoisotopic (exact) mass is 512 g/mol. The maximum Gasteiger partial charge on any atom is 0.319 e. The van der Waals surface area contributed by atoms with Crippen molar-refractivity contribution >= 4 is 22.6 Å². The number of aromatic nitrogens is 4. The zero-order chi connectivity index (χ0) is 26.4. The zero-order valence-electron chi connectivity index (χ0n) is 21.9. The summed E-state index contributed by atoms with van der Waals surface area (Å²) in [6, 6.07) is 7.02. The summed E-state index contributed by atoms with van der Waals surface area (Å²) in [6.45, 7) is 10.0. The molecule has 38 heavy (non-hydrogen) atoms. The number of rotatable bonds is 6. The smallest absolute Gasteiger partial charge is 0.319 e. The molecular formula is C28H32N8O2. The molecule has 196 valence electrons. The van der Waals surface area contributed by atoms with Crippen LogP contribution in [0.15, 0.2) is 31.0 Å². The Morgan fingerprint density at radius 1 is 1.32 bits per heavy atom. The van der Waals surface area contributed by atoms with Crippen LogP contribution in [0.2, 0.25) is 0 Å². The minimum atomic E-state index is -0.0349. The lowest BCUT2D eigenvalue weighted by Crippen LogP contribution is -2.59. The molecule has 1 aromatic carbocycles. The number of amides is 1. The number of likely N-dealkylation sites (tertiary alicyclic amines) is 2. The quantitative estimate of drug-likeness (QED) is 0.502. The van der Waals surface area contributed by atoms with Crippen molar-refractivity contribution in [3.63, 3.8) is 0 Å². The lowest BCUT2D eigenvalue weighted by Gasteiger charge is -2.47. The highest BCUT2D eigenvalue weighted by atomic mass is 16.5. The molecular weight excluding hydrogens is 480 g/mol. The van der Waals surface area contributed by atoms with Gasteiger partial charge in [-0.2, -0.15) is 20.3 Å². The topological polar surface area (TPSA) is 114 Å². The van der Waals surface area contributed by atoms with E-state index in [1.54, 1.807) is 6.20 Å². The number of carbonyl (C=O) groups is 1. The molecule has 10 heteroatoms. The molecule has 3 aliphatic heterocycles. The molecule has 5 heterocycles. The van der Waals surface area contributed by atoms with Gasteiger partial charge in [0.1, 0.15) is 18.2 Å². The van der Waals surface area contributed by atoms with Gasteiger partial charge in [0.15, 0.2) is 5.82 Å². The van der Waals surface area contributed by atoms with Gasteiger partial charge in [-0.1, -0.05) is 12.6 Å². The van der Waals surface area contributed by atoms with E-state index in [0.717, 1.165) is 60.9 Å². The van der Waals surface area contributed by atoms with Crippen molar-refractivity contribution in [3.05, 3.63) is 42.1 Å². The Kier molecular flexibility index (Phi) is 6.03. The maximum atomic E-state index is 12.1. The van der Waals surface area contributed by atoms with Crippen molar-refractivity contribution < 1.29 is 9.53 Å². The average Bonchev–Trinajstić information content (AvgIpc) is 3.65. The van der Waals surface area contributed by atoms with Gasteiger partial charge in [-0.15, -0.1) is 0 Å². The Labute approximate surface area is 221 Å². The Balaban J connectivity index is 1.39. The van der Waals surface area contributed by atoms with Crippen LogP contribution in [0, 0.1) is 23.7 Å². The normalized spacial score (nSPS) is 20.6. The van der Waals surface area contributed by atoms with Crippen molar-refractivity contribution in [2.24, 2.45) is 5.41 Å². The average molecular weight is 513 g/mol. The molecule has 1 spiro atoms. The number of hydrogen-bond acceptors (Lipinski definition) is 8. The molecule has 1 amide bonds. The third kappa shape index (κ3) is 4.07. The molecule has 3 aromatic rings. The van der Waals surface area contributed by atoms with Crippen LogP contribution in [-0.2, 0) is 4.79 Å². The largest absolute Gasteiger partial charge is 0.462 e. The Bertz CT molecular complexity index is 1450. The van der Waals surface area contributed by atoms with E-state index in [2.05, 4.69) is 39.7 Å². The fraction of sp³-hybridized carbons (Fsp3) is 0.464. The number of ether oxygens (including phenoxy) is 1. The van der Waals surface area contributed by atoms with Crippen LogP contribution in [0.3, 0.4) is 0 Å². The first-order valence-electron chi connectivity index (χ1n) is 13.2. The number of nitriles is 1. The molecule has 0 radical (unpaired) electrons. The molecule has 0 unspecified atom stereocenters. The summed E-state index contributed by atoms with van der Waals surface area (Å²) in [5.74, 6) is 0.560. The van der Waals surface area contributed by atoms with Gasteiger partial charge >= 0.3 is 6.01 Å². The maximum absolute atomic E-state index is 12.1. The lowest BCUT2D eigenvalue weighted by molar-refractivity contribution is -0.136. The predicted octanol–water partition coefficient (Wildman–Crippen LogP) is 2.90. The van der Waals surface area contributed by atoms with Crippen LogP contribution in [0.5, 0.6) is 6.01 Å². The SMILES string of the molecule is C=CC(=O)N1CC2(CCN(c3nc(OC[C@@H]4CCCN4C)nc(-c4c(C)ccc5[nH]ncc45)c3C#N)C2)C1. The van der Waals surface area contributed by atoms with Gasteiger partial charge in [0.25, 0.3) is 0 Å². The van der Waals surface area contributed by atoms with Crippen LogP contribution in [0.25, 0.3) is 22.2 Å². The van der Waals surface area contributed by atoms with E-state index < -0.39 is 0 Å². The first-order chi connectivity index (χ1) is 18.4. The number of nitrogens with one attached hydrogen (secondary N) is 1. The number of fused-ring (bicyclic) bond motifs is 1. The highest BCUT2D eigenvalue weighted by molar-refractivity contribution is 5.97. The van der Waals surface area contributed by atoms with Crippen molar-refractivity contribution in [2.75, 3.05) is 51.3 Å². The van der Waals surface area contributed by atoms with Crippen LogP contribution in [0.4, 0.5) is 5.82 Å². The summed E-state index contributed by atoms with van der Waals surface area (Å²) in [5.41, 5.74) is 3.74. The summed E-state index contributed by atoms with van der Waals surface area (Å²) in [5, 5.41) is 18.6. The molecule has 1 N–H and O–H groups in total. The molecule has 0 saturated carbocycles. The van der Waals surface area contributed by atoms with E-state index in [-0.39, 0.29) is 17.3 Å². The number of H-pyrrole nitrogens is 1. The number of anilines is 1. The molecule has 0 bridgehead atoms. The first kappa shape index (κ1) is 24.4. The summed E-state index contributed by atoms with van der Waals surface area (Å²) in [6.07, 6.45) is 6.30. The van der Waals surface area contributed by atoms with Crippen LogP contribution < -0.4 is 9.64 Å². The number of benzene rings is 1. The van der Waals surface area contributed by atoms with E-state index in [1.807, 2.05) is 24.0 Å². The van der Waals surface area contributed by atoms with Gasteiger partial charge in [0, 0.05) is 48.6 Å². The number of likely N-dealkylation sites (N-methyl/N-ethyl adjacent to an activating group) is 1. The Morgan fingerprint density at radius 2 is 2.16 bits per heavy atom.